The van der Waals surface area contributed by atoms with Crippen LogP contribution in [0, 0.1) is 6.92 Å². The van der Waals surface area contributed by atoms with Crippen LogP contribution in [0.1, 0.15) is 16.2 Å². The van der Waals surface area contributed by atoms with Crippen LogP contribution in [0.4, 0.5) is 5.69 Å². The van der Waals surface area contributed by atoms with Crippen LogP contribution in [0.2, 0.25) is 0 Å². The Morgan fingerprint density at radius 3 is 2.54 bits per heavy atom. The summed E-state index contributed by atoms with van der Waals surface area (Å²) in [6.07, 6.45) is 3.00. The van der Waals surface area contributed by atoms with Crippen molar-refractivity contribution in [3.63, 3.8) is 0 Å². The quantitative estimate of drug-likeness (QED) is 0.752. The van der Waals surface area contributed by atoms with E-state index in [1.807, 2.05) is 12.1 Å². The second-order valence-corrected chi connectivity index (χ2v) is 4.97. The van der Waals surface area contributed by atoms with E-state index in [1.165, 1.54) is 12.5 Å². The molecule has 0 bridgehead atoms. The standard InChI is InChI=1S/C17H16N4O3/c1-11-16(20-10-19-11)17(22)21-12-7-8-15(18-9-12)24-14-6-4-3-5-13(14)23-2/h3-10H,1-2H3,(H,19,20)(H,21,22). The number of hydrogen-bond donors (Lipinski definition) is 2. The van der Waals surface area contributed by atoms with Gasteiger partial charge in [-0.25, -0.2) is 9.97 Å². The van der Waals surface area contributed by atoms with Gasteiger partial charge in [-0.2, -0.15) is 0 Å². The Bertz CT molecular complexity index is 843. The molecular weight excluding hydrogens is 308 g/mol. The van der Waals surface area contributed by atoms with E-state index in [0.717, 1.165) is 0 Å². The third kappa shape index (κ3) is 3.35. The predicted octanol–water partition coefficient (Wildman–Crippen LogP) is 3.17. The number of carbonyl (C=O) groups is 1. The molecule has 24 heavy (non-hydrogen) atoms. The van der Waals surface area contributed by atoms with Crippen LogP contribution in [-0.2, 0) is 0 Å². The second kappa shape index (κ2) is 6.82. The molecule has 2 aromatic heterocycles. The molecule has 3 aromatic rings. The summed E-state index contributed by atoms with van der Waals surface area (Å²) in [5.41, 5.74) is 1.61. The van der Waals surface area contributed by atoms with Crippen molar-refractivity contribution in [3.8, 4) is 17.4 Å². The van der Waals surface area contributed by atoms with E-state index in [4.69, 9.17) is 9.47 Å². The number of aromatic amines is 1. The van der Waals surface area contributed by atoms with Gasteiger partial charge in [0, 0.05) is 11.8 Å². The first-order valence-electron chi connectivity index (χ1n) is 7.25. The number of hydrogen-bond acceptors (Lipinski definition) is 5. The molecule has 0 fully saturated rings. The van der Waals surface area contributed by atoms with Gasteiger partial charge >= 0.3 is 0 Å². The number of nitrogens with one attached hydrogen (secondary N) is 2. The number of aryl methyl sites for hydroxylation is 1. The lowest BCUT2D eigenvalue weighted by atomic mass is 10.3. The molecular formula is C17H16N4O3. The number of H-pyrrole nitrogens is 1. The fourth-order valence-electron chi connectivity index (χ4n) is 2.11. The SMILES string of the molecule is COc1ccccc1Oc1ccc(NC(=O)c2nc[nH]c2C)cn1. The first kappa shape index (κ1) is 15.5. The molecule has 3 rings (SSSR count). The molecule has 0 unspecified atom stereocenters. The number of imidazole rings is 1. The van der Waals surface area contributed by atoms with Gasteiger partial charge in [-0.15, -0.1) is 0 Å². The van der Waals surface area contributed by atoms with Gasteiger partial charge in [-0.1, -0.05) is 12.1 Å². The van der Waals surface area contributed by atoms with Gasteiger partial charge in [0.15, 0.2) is 11.5 Å². The number of para-hydroxylation sites is 2. The van der Waals surface area contributed by atoms with Crippen LogP contribution in [0.25, 0.3) is 0 Å². The Balaban J connectivity index is 1.69. The molecule has 0 aliphatic carbocycles. The zero-order chi connectivity index (χ0) is 16.9. The van der Waals surface area contributed by atoms with Gasteiger partial charge in [0.25, 0.3) is 5.91 Å². The van der Waals surface area contributed by atoms with E-state index < -0.39 is 0 Å². The van der Waals surface area contributed by atoms with Crippen molar-refractivity contribution in [3.05, 3.63) is 60.3 Å². The van der Waals surface area contributed by atoms with Crippen molar-refractivity contribution >= 4 is 11.6 Å². The van der Waals surface area contributed by atoms with E-state index in [1.54, 1.807) is 38.3 Å². The van der Waals surface area contributed by atoms with Crippen molar-refractivity contribution < 1.29 is 14.3 Å². The monoisotopic (exact) mass is 324 g/mol. The van der Waals surface area contributed by atoms with Gasteiger partial charge < -0.3 is 19.8 Å². The molecule has 0 atom stereocenters. The number of pyridine rings is 1. The fraction of sp³-hybridized carbons (Fsp3) is 0.118. The smallest absolute Gasteiger partial charge is 0.276 e. The molecule has 122 valence electrons. The van der Waals surface area contributed by atoms with Crippen LogP contribution in [0.15, 0.2) is 48.9 Å². The maximum absolute atomic E-state index is 12.1. The summed E-state index contributed by atoms with van der Waals surface area (Å²) in [4.78, 5) is 23.1. The zero-order valence-electron chi connectivity index (χ0n) is 13.2. The van der Waals surface area contributed by atoms with Gasteiger partial charge in [-0.05, 0) is 25.1 Å². The minimum Gasteiger partial charge on any atom is -0.493 e. The number of carbonyl (C=O) groups excluding carboxylic acids is 1. The van der Waals surface area contributed by atoms with Crippen LogP contribution in [-0.4, -0.2) is 28.0 Å². The van der Waals surface area contributed by atoms with E-state index in [0.29, 0.717) is 34.5 Å². The van der Waals surface area contributed by atoms with Crippen molar-refractivity contribution in [2.45, 2.75) is 6.92 Å². The lowest BCUT2D eigenvalue weighted by Crippen LogP contribution is -2.13. The highest BCUT2D eigenvalue weighted by molar-refractivity contribution is 6.03. The van der Waals surface area contributed by atoms with Gasteiger partial charge in [0.05, 0.1) is 25.3 Å². The molecule has 0 saturated heterocycles. The first-order valence-corrected chi connectivity index (χ1v) is 7.25. The lowest BCUT2D eigenvalue weighted by molar-refractivity contribution is 0.102. The Kier molecular flexibility index (Phi) is 4.42. The van der Waals surface area contributed by atoms with Crippen molar-refractivity contribution in [2.75, 3.05) is 12.4 Å². The van der Waals surface area contributed by atoms with Crippen LogP contribution >= 0.6 is 0 Å². The zero-order valence-corrected chi connectivity index (χ0v) is 13.2. The van der Waals surface area contributed by atoms with Crippen LogP contribution in [0.3, 0.4) is 0 Å². The highest BCUT2D eigenvalue weighted by Crippen LogP contribution is 2.30. The average molecular weight is 324 g/mol. The predicted molar refractivity (Wildman–Crippen MR) is 88.6 cm³/mol. The molecule has 2 heterocycles. The van der Waals surface area contributed by atoms with E-state index in [2.05, 4.69) is 20.3 Å². The number of methoxy groups -OCH3 is 1. The third-order valence-corrected chi connectivity index (χ3v) is 3.32. The molecule has 1 amide bonds. The average Bonchev–Trinajstić information content (AvgIpc) is 3.03. The summed E-state index contributed by atoms with van der Waals surface area (Å²) < 4.78 is 10.9. The van der Waals surface area contributed by atoms with Crippen molar-refractivity contribution in [1.29, 1.82) is 0 Å². The van der Waals surface area contributed by atoms with Gasteiger partial charge in [0.2, 0.25) is 5.88 Å². The molecule has 7 heteroatoms. The van der Waals surface area contributed by atoms with Crippen molar-refractivity contribution in [1.82, 2.24) is 15.0 Å². The molecule has 2 N–H and O–H groups in total. The lowest BCUT2D eigenvalue weighted by Gasteiger charge is -2.09. The number of anilines is 1. The summed E-state index contributed by atoms with van der Waals surface area (Å²) in [7, 11) is 1.57. The van der Waals surface area contributed by atoms with Crippen LogP contribution in [0.5, 0.6) is 17.4 Å². The maximum Gasteiger partial charge on any atom is 0.276 e. The van der Waals surface area contributed by atoms with E-state index in [-0.39, 0.29) is 5.91 Å². The molecule has 0 radical (unpaired) electrons. The molecule has 0 saturated carbocycles. The largest absolute Gasteiger partial charge is 0.493 e. The number of ether oxygens (including phenoxy) is 2. The molecule has 0 aliphatic rings. The fourth-order valence-corrected chi connectivity index (χ4v) is 2.11. The number of aromatic nitrogens is 3. The Morgan fingerprint density at radius 1 is 1.12 bits per heavy atom. The maximum atomic E-state index is 12.1. The Hall–Kier alpha value is -3.35. The molecule has 1 aromatic carbocycles. The summed E-state index contributed by atoms with van der Waals surface area (Å²) in [5, 5.41) is 2.73. The summed E-state index contributed by atoms with van der Waals surface area (Å²) in [6.45, 7) is 1.78. The Morgan fingerprint density at radius 2 is 1.92 bits per heavy atom. The molecule has 7 nitrogen and oxygen atoms in total. The van der Waals surface area contributed by atoms with Crippen molar-refractivity contribution in [2.24, 2.45) is 0 Å². The van der Waals surface area contributed by atoms with Gasteiger partial charge in [-0.3, -0.25) is 4.79 Å². The summed E-state index contributed by atoms with van der Waals surface area (Å²) >= 11 is 0. The molecule has 0 spiro atoms. The van der Waals surface area contributed by atoms with E-state index in [9.17, 15) is 4.79 Å². The highest BCUT2D eigenvalue weighted by Gasteiger charge is 2.12. The third-order valence-electron chi connectivity index (χ3n) is 3.32. The number of rotatable bonds is 5. The topological polar surface area (TPSA) is 89.1 Å². The minimum absolute atomic E-state index is 0.297. The highest BCUT2D eigenvalue weighted by atomic mass is 16.5. The summed E-state index contributed by atoms with van der Waals surface area (Å²) in [6, 6.07) is 10.7. The number of amides is 1. The first-order chi connectivity index (χ1) is 11.7. The second-order valence-electron chi connectivity index (χ2n) is 4.97. The molecule has 0 aliphatic heterocycles. The van der Waals surface area contributed by atoms with E-state index >= 15 is 0 Å². The summed E-state index contributed by atoms with van der Waals surface area (Å²) in [5.74, 6) is 1.28. The van der Waals surface area contributed by atoms with Crippen LogP contribution < -0.4 is 14.8 Å². The Labute approximate surface area is 138 Å². The van der Waals surface area contributed by atoms with Gasteiger partial charge in [0.1, 0.15) is 5.69 Å². The number of benzene rings is 1. The minimum atomic E-state index is -0.297. The normalized spacial score (nSPS) is 10.2. The number of nitrogens with zero attached hydrogens (tertiary/aromatic N) is 2.